The molecule has 5 heteroatoms. The number of anilines is 1. The van der Waals surface area contributed by atoms with Crippen LogP contribution in [0.4, 0.5) is 5.69 Å². The summed E-state index contributed by atoms with van der Waals surface area (Å²) in [6.45, 7) is 1.54. The van der Waals surface area contributed by atoms with E-state index in [9.17, 15) is 0 Å². The number of imidazole rings is 1. The van der Waals surface area contributed by atoms with Gasteiger partial charge in [0.05, 0.1) is 24.1 Å². The molecule has 0 aliphatic carbocycles. The first-order valence-electron chi connectivity index (χ1n) is 6.56. The lowest BCUT2D eigenvalue weighted by Crippen LogP contribution is -2.03. The van der Waals surface area contributed by atoms with Gasteiger partial charge in [-0.3, -0.25) is 4.98 Å². The second-order valence-electron chi connectivity index (χ2n) is 4.56. The van der Waals surface area contributed by atoms with Crippen LogP contribution in [0, 0.1) is 0 Å². The Kier molecular flexibility index (Phi) is 3.50. The van der Waals surface area contributed by atoms with Crippen LogP contribution >= 0.6 is 0 Å². The van der Waals surface area contributed by atoms with E-state index >= 15 is 0 Å². The zero-order valence-corrected chi connectivity index (χ0v) is 11.1. The number of nitrogens with zero attached hydrogens (tertiary/aromatic N) is 3. The van der Waals surface area contributed by atoms with Gasteiger partial charge in [-0.25, -0.2) is 4.98 Å². The van der Waals surface area contributed by atoms with Crippen LogP contribution in [0.1, 0.15) is 6.42 Å². The van der Waals surface area contributed by atoms with E-state index in [0.717, 1.165) is 29.6 Å². The fourth-order valence-corrected chi connectivity index (χ4v) is 2.14. The molecule has 2 N–H and O–H groups in total. The number of nitrogen functional groups attached to an aromatic ring is 1. The summed E-state index contributed by atoms with van der Waals surface area (Å²) < 4.78 is 7.88. The van der Waals surface area contributed by atoms with E-state index < -0.39 is 0 Å². The molecule has 0 aliphatic heterocycles. The van der Waals surface area contributed by atoms with Gasteiger partial charge in [0.1, 0.15) is 5.75 Å². The molecular weight excluding hydrogens is 252 g/mol. The summed E-state index contributed by atoms with van der Waals surface area (Å²) in [6.07, 6.45) is 8.19. The number of hydrogen-bond donors (Lipinski definition) is 1. The smallest absolute Gasteiger partial charge is 0.128 e. The number of fused-ring (bicyclic) bond motifs is 1. The van der Waals surface area contributed by atoms with Gasteiger partial charge in [0, 0.05) is 30.5 Å². The molecule has 20 heavy (non-hydrogen) atoms. The van der Waals surface area contributed by atoms with Crippen LogP contribution in [-0.2, 0) is 6.54 Å². The Balaban J connectivity index is 1.67. The van der Waals surface area contributed by atoms with Gasteiger partial charge in [-0.1, -0.05) is 0 Å². The standard InChI is InChI=1S/C15H16N4O/c16-13-4-5-14(12-3-1-6-18-15(12)13)20-10-2-8-19-9-7-17-11-19/h1,3-7,9,11H,2,8,10,16H2. The predicted molar refractivity (Wildman–Crippen MR) is 78.5 cm³/mol. The third-order valence-electron chi connectivity index (χ3n) is 3.14. The number of aromatic nitrogens is 3. The highest BCUT2D eigenvalue weighted by molar-refractivity contribution is 5.93. The fraction of sp³-hybridized carbons (Fsp3) is 0.200. The molecule has 0 spiro atoms. The van der Waals surface area contributed by atoms with E-state index in [0.29, 0.717) is 12.3 Å². The lowest BCUT2D eigenvalue weighted by Gasteiger charge is -2.10. The number of ether oxygens (including phenoxy) is 1. The first-order valence-corrected chi connectivity index (χ1v) is 6.56. The molecule has 0 unspecified atom stereocenters. The Labute approximate surface area is 117 Å². The molecule has 0 bridgehead atoms. The molecule has 0 saturated carbocycles. The Morgan fingerprint density at radius 3 is 3.00 bits per heavy atom. The molecule has 2 aromatic heterocycles. The van der Waals surface area contributed by atoms with Crippen molar-refractivity contribution in [3.63, 3.8) is 0 Å². The molecule has 0 atom stereocenters. The molecule has 0 fully saturated rings. The van der Waals surface area contributed by atoms with Crippen molar-refractivity contribution < 1.29 is 4.74 Å². The molecule has 2 heterocycles. The topological polar surface area (TPSA) is 66.0 Å². The zero-order valence-electron chi connectivity index (χ0n) is 11.1. The van der Waals surface area contributed by atoms with E-state index in [4.69, 9.17) is 10.5 Å². The number of aryl methyl sites for hydroxylation is 1. The van der Waals surface area contributed by atoms with Crippen LogP contribution in [0.15, 0.2) is 49.2 Å². The molecule has 3 aromatic rings. The maximum absolute atomic E-state index is 5.92. The van der Waals surface area contributed by atoms with E-state index in [2.05, 4.69) is 9.97 Å². The maximum atomic E-state index is 5.92. The summed E-state index contributed by atoms with van der Waals surface area (Å²) in [5, 5.41) is 0.954. The van der Waals surface area contributed by atoms with Crippen LogP contribution in [-0.4, -0.2) is 21.1 Å². The van der Waals surface area contributed by atoms with Gasteiger partial charge < -0.3 is 15.0 Å². The molecule has 102 valence electrons. The molecule has 5 nitrogen and oxygen atoms in total. The van der Waals surface area contributed by atoms with Gasteiger partial charge in [0.15, 0.2) is 0 Å². The van der Waals surface area contributed by atoms with Crippen molar-refractivity contribution in [3.8, 4) is 5.75 Å². The van der Waals surface area contributed by atoms with E-state index in [1.54, 1.807) is 12.4 Å². The summed E-state index contributed by atoms with van der Waals surface area (Å²) in [4.78, 5) is 8.30. The van der Waals surface area contributed by atoms with Gasteiger partial charge in [-0.15, -0.1) is 0 Å². The fourth-order valence-electron chi connectivity index (χ4n) is 2.14. The SMILES string of the molecule is Nc1ccc(OCCCn2ccnc2)c2cccnc12. The van der Waals surface area contributed by atoms with Crippen LogP contribution in [0.5, 0.6) is 5.75 Å². The number of pyridine rings is 1. The van der Waals surface area contributed by atoms with Crippen molar-refractivity contribution in [3.05, 3.63) is 49.2 Å². The van der Waals surface area contributed by atoms with Crippen molar-refractivity contribution in [2.45, 2.75) is 13.0 Å². The minimum Gasteiger partial charge on any atom is -0.493 e. The van der Waals surface area contributed by atoms with Gasteiger partial charge in [-0.05, 0) is 30.7 Å². The average molecular weight is 268 g/mol. The van der Waals surface area contributed by atoms with Crippen LogP contribution in [0.25, 0.3) is 10.9 Å². The Bertz CT molecular complexity index is 694. The number of rotatable bonds is 5. The first kappa shape index (κ1) is 12.5. The van der Waals surface area contributed by atoms with Crippen molar-refractivity contribution in [1.29, 1.82) is 0 Å². The quantitative estimate of drug-likeness (QED) is 0.570. The third-order valence-corrected chi connectivity index (χ3v) is 3.14. The minimum absolute atomic E-state index is 0.645. The Morgan fingerprint density at radius 1 is 1.20 bits per heavy atom. The summed E-state index contributed by atoms with van der Waals surface area (Å²) in [7, 11) is 0. The van der Waals surface area contributed by atoms with Crippen molar-refractivity contribution >= 4 is 16.6 Å². The average Bonchev–Trinajstić information content (AvgIpc) is 2.99. The second kappa shape index (κ2) is 5.61. The molecule has 0 aliphatic rings. The van der Waals surface area contributed by atoms with E-state index in [1.165, 1.54) is 0 Å². The molecule has 0 saturated heterocycles. The predicted octanol–water partition coefficient (Wildman–Crippen LogP) is 2.48. The molecule has 3 rings (SSSR count). The Hall–Kier alpha value is -2.56. The van der Waals surface area contributed by atoms with Gasteiger partial charge >= 0.3 is 0 Å². The van der Waals surface area contributed by atoms with E-state index in [-0.39, 0.29) is 0 Å². The monoisotopic (exact) mass is 268 g/mol. The number of hydrogen-bond acceptors (Lipinski definition) is 4. The van der Waals surface area contributed by atoms with Crippen LogP contribution in [0.2, 0.25) is 0 Å². The summed E-state index contributed by atoms with van der Waals surface area (Å²) in [6, 6.07) is 7.60. The largest absolute Gasteiger partial charge is 0.493 e. The summed E-state index contributed by atoms with van der Waals surface area (Å²) >= 11 is 0. The molecule has 0 amide bonds. The highest BCUT2D eigenvalue weighted by Crippen LogP contribution is 2.28. The molecule has 1 aromatic carbocycles. The number of benzene rings is 1. The lowest BCUT2D eigenvalue weighted by atomic mass is 10.2. The van der Waals surface area contributed by atoms with Crippen LogP contribution in [0.3, 0.4) is 0 Å². The first-order chi connectivity index (χ1) is 9.84. The number of nitrogens with two attached hydrogens (primary N) is 1. The van der Waals surface area contributed by atoms with Gasteiger partial charge in [-0.2, -0.15) is 0 Å². The zero-order chi connectivity index (χ0) is 13.8. The normalized spacial score (nSPS) is 10.8. The highest BCUT2D eigenvalue weighted by Gasteiger charge is 2.05. The van der Waals surface area contributed by atoms with Crippen molar-refractivity contribution in [2.24, 2.45) is 0 Å². The van der Waals surface area contributed by atoms with Gasteiger partial charge in [0.2, 0.25) is 0 Å². The Morgan fingerprint density at radius 2 is 2.15 bits per heavy atom. The molecular formula is C15H16N4O. The van der Waals surface area contributed by atoms with Gasteiger partial charge in [0.25, 0.3) is 0 Å². The second-order valence-corrected chi connectivity index (χ2v) is 4.56. The third kappa shape index (κ3) is 2.56. The maximum Gasteiger partial charge on any atom is 0.128 e. The van der Waals surface area contributed by atoms with Crippen molar-refractivity contribution in [1.82, 2.24) is 14.5 Å². The minimum atomic E-state index is 0.645. The van der Waals surface area contributed by atoms with E-state index in [1.807, 2.05) is 41.4 Å². The summed E-state index contributed by atoms with van der Waals surface area (Å²) in [5.41, 5.74) is 7.38. The molecule has 0 radical (unpaired) electrons. The van der Waals surface area contributed by atoms with Crippen LogP contribution < -0.4 is 10.5 Å². The lowest BCUT2D eigenvalue weighted by molar-refractivity contribution is 0.305. The highest BCUT2D eigenvalue weighted by atomic mass is 16.5. The summed E-state index contributed by atoms with van der Waals surface area (Å²) in [5.74, 6) is 0.827. The van der Waals surface area contributed by atoms with Crippen molar-refractivity contribution in [2.75, 3.05) is 12.3 Å².